The number of hydrogen-bond donors (Lipinski definition) is 0. The van der Waals surface area contributed by atoms with Crippen LogP contribution >= 0.6 is 0 Å². The molecule has 8 heteroatoms. The zero-order valence-corrected chi connectivity index (χ0v) is 24.3. The summed E-state index contributed by atoms with van der Waals surface area (Å²) in [4.78, 5) is 0. The first-order valence-corrected chi connectivity index (χ1v) is 15.2. The highest BCUT2D eigenvalue weighted by Gasteiger charge is 2.53. The zero-order valence-electron chi connectivity index (χ0n) is 23.3. The number of aryl methyl sites for hydroxylation is 1. The van der Waals surface area contributed by atoms with Gasteiger partial charge < -0.3 is 13.7 Å². The number of nitrogens with zero attached hydrogens (tertiary/aromatic N) is 2. The standard InChI is InChI=1S/C27H44BFN2O3Si/c1-19(2)35(20(3)4,21(5)6)32-17-11-16-31-18-24(28-33-26(7,8)27(9,10)34-28)25(30-31)22-12-14-23(29)15-13-22/h12-15,18-21H,11,16-17H2,1-10H3. The average Bonchev–Trinajstić information content (AvgIpc) is 3.25. The van der Waals surface area contributed by atoms with Gasteiger partial charge in [0.1, 0.15) is 5.82 Å². The smallest absolute Gasteiger partial charge is 0.416 e. The van der Waals surface area contributed by atoms with E-state index in [0.717, 1.165) is 36.3 Å². The van der Waals surface area contributed by atoms with Gasteiger partial charge >= 0.3 is 7.12 Å². The third-order valence-corrected chi connectivity index (χ3v) is 14.1. The monoisotopic (exact) mass is 502 g/mol. The molecule has 0 spiro atoms. The number of halogens is 1. The molecule has 2 aromatic rings. The maximum Gasteiger partial charge on any atom is 0.498 e. The van der Waals surface area contributed by atoms with Gasteiger partial charge in [-0.15, -0.1) is 0 Å². The zero-order chi connectivity index (χ0) is 26.2. The van der Waals surface area contributed by atoms with Crippen molar-refractivity contribution in [1.82, 2.24) is 9.78 Å². The summed E-state index contributed by atoms with van der Waals surface area (Å²) in [6.07, 6.45) is 2.88. The molecule has 5 nitrogen and oxygen atoms in total. The molecular weight excluding hydrogens is 458 g/mol. The number of hydrogen-bond acceptors (Lipinski definition) is 4. The SMILES string of the molecule is CC(C)[Si](OCCCn1cc(B2OC(C)(C)C(C)(C)O2)c(-c2ccc(F)cc2)n1)(C(C)C)C(C)C. The van der Waals surface area contributed by atoms with Crippen molar-refractivity contribution in [3.8, 4) is 11.3 Å². The molecule has 0 atom stereocenters. The van der Waals surface area contributed by atoms with Gasteiger partial charge in [0.05, 0.1) is 16.9 Å². The van der Waals surface area contributed by atoms with Crippen LogP contribution in [0, 0.1) is 5.82 Å². The predicted molar refractivity (Wildman–Crippen MR) is 145 cm³/mol. The fourth-order valence-electron chi connectivity index (χ4n) is 5.50. The number of benzene rings is 1. The molecular formula is C27H44BFN2O3Si. The van der Waals surface area contributed by atoms with E-state index in [1.165, 1.54) is 12.1 Å². The van der Waals surface area contributed by atoms with E-state index in [0.29, 0.717) is 16.6 Å². The summed E-state index contributed by atoms with van der Waals surface area (Å²) >= 11 is 0. The summed E-state index contributed by atoms with van der Waals surface area (Å²) < 4.78 is 34.9. The quantitative estimate of drug-likeness (QED) is 0.272. The van der Waals surface area contributed by atoms with Crippen LogP contribution in [0.5, 0.6) is 0 Å². The summed E-state index contributed by atoms with van der Waals surface area (Å²) in [5.41, 5.74) is 3.26. The molecule has 1 aromatic carbocycles. The van der Waals surface area contributed by atoms with E-state index in [4.69, 9.17) is 18.8 Å². The van der Waals surface area contributed by atoms with Crippen LogP contribution in [0.1, 0.15) is 75.7 Å². The van der Waals surface area contributed by atoms with Crippen LogP contribution in [0.3, 0.4) is 0 Å². The first-order valence-electron chi connectivity index (χ1n) is 13.0. The van der Waals surface area contributed by atoms with Gasteiger partial charge in [-0.3, -0.25) is 4.68 Å². The summed E-state index contributed by atoms with van der Waals surface area (Å²) in [6.45, 7) is 23.5. The molecule has 1 fully saturated rings. The third kappa shape index (κ3) is 5.60. The second kappa shape index (κ2) is 10.5. The van der Waals surface area contributed by atoms with Gasteiger partial charge in [-0.2, -0.15) is 5.10 Å². The first-order chi connectivity index (χ1) is 16.2. The minimum atomic E-state index is -1.89. The average molecular weight is 503 g/mol. The fraction of sp³-hybridized carbons (Fsp3) is 0.667. The van der Waals surface area contributed by atoms with E-state index in [9.17, 15) is 4.39 Å². The van der Waals surface area contributed by atoms with Crippen molar-refractivity contribution in [2.75, 3.05) is 6.61 Å². The Morgan fingerprint density at radius 3 is 1.94 bits per heavy atom. The Bertz CT molecular complexity index is 951. The number of aromatic nitrogens is 2. The molecule has 0 aliphatic carbocycles. The van der Waals surface area contributed by atoms with Gasteiger partial charge in [0.15, 0.2) is 8.32 Å². The van der Waals surface area contributed by atoms with Gasteiger partial charge in [0, 0.05) is 30.4 Å². The van der Waals surface area contributed by atoms with E-state index in [1.807, 2.05) is 38.6 Å². The molecule has 1 saturated heterocycles. The maximum atomic E-state index is 13.6. The van der Waals surface area contributed by atoms with Crippen LogP contribution in [-0.2, 0) is 20.3 Å². The van der Waals surface area contributed by atoms with Crippen LogP contribution in [0.4, 0.5) is 4.39 Å². The van der Waals surface area contributed by atoms with Crippen molar-refractivity contribution in [1.29, 1.82) is 0 Å². The molecule has 35 heavy (non-hydrogen) atoms. The van der Waals surface area contributed by atoms with E-state index in [2.05, 4.69) is 41.5 Å². The molecule has 1 aliphatic rings. The normalized spacial score (nSPS) is 17.8. The van der Waals surface area contributed by atoms with Gasteiger partial charge in [-0.25, -0.2) is 4.39 Å². The Hall–Kier alpha value is -1.48. The molecule has 0 unspecified atom stereocenters. The van der Waals surface area contributed by atoms with Crippen molar-refractivity contribution >= 4 is 20.9 Å². The highest BCUT2D eigenvalue weighted by atomic mass is 28.4. The molecule has 3 rings (SSSR count). The fourth-order valence-corrected chi connectivity index (χ4v) is 11.0. The van der Waals surface area contributed by atoms with Crippen molar-refractivity contribution in [2.24, 2.45) is 0 Å². The van der Waals surface area contributed by atoms with Crippen LogP contribution in [0.15, 0.2) is 30.5 Å². The van der Waals surface area contributed by atoms with Crippen molar-refractivity contribution < 1.29 is 18.1 Å². The van der Waals surface area contributed by atoms with Gasteiger partial charge in [0.25, 0.3) is 0 Å². The molecule has 0 radical (unpaired) electrons. The topological polar surface area (TPSA) is 45.5 Å². The molecule has 1 aromatic heterocycles. The molecule has 2 heterocycles. The van der Waals surface area contributed by atoms with Crippen LogP contribution in [0.25, 0.3) is 11.3 Å². The summed E-state index contributed by atoms with van der Waals surface area (Å²) in [5.74, 6) is -0.268. The van der Waals surface area contributed by atoms with Crippen molar-refractivity contribution in [3.63, 3.8) is 0 Å². The highest BCUT2D eigenvalue weighted by Crippen LogP contribution is 2.42. The molecule has 0 bridgehead atoms. The lowest BCUT2D eigenvalue weighted by molar-refractivity contribution is 0.00578. The summed E-state index contributed by atoms with van der Waals surface area (Å²) in [7, 11) is -2.42. The second-order valence-corrected chi connectivity index (χ2v) is 17.3. The Balaban J connectivity index is 1.81. The lowest BCUT2D eigenvalue weighted by Crippen LogP contribution is -2.48. The van der Waals surface area contributed by atoms with E-state index < -0.39 is 26.6 Å². The largest absolute Gasteiger partial charge is 0.498 e. The maximum absolute atomic E-state index is 13.6. The second-order valence-electron chi connectivity index (χ2n) is 11.8. The highest BCUT2D eigenvalue weighted by molar-refractivity contribution is 6.77. The van der Waals surface area contributed by atoms with Gasteiger partial charge in [-0.1, -0.05) is 41.5 Å². The van der Waals surface area contributed by atoms with Crippen molar-refractivity contribution in [2.45, 2.75) is 110 Å². The lowest BCUT2D eigenvalue weighted by Gasteiger charge is -2.42. The molecule has 1 aliphatic heterocycles. The van der Waals surface area contributed by atoms with Gasteiger partial charge in [-0.05, 0) is 75.0 Å². The van der Waals surface area contributed by atoms with Crippen LogP contribution in [-0.4, -0.2) is 43.0 Å². The Morgan fingerprint density at radius 2 is 1.46 bits per heavy atom. The van der Waals surface area contributed by atoms with Crippen LogP contribution in [0.2, 0.25) is 16.6 Å². The van der Waals surface area contributed by atoms with Crippen molar-refractivity contribution in [3.05, 3.63) is 36.3 Å². The minimum absolute atomic E-state index is 0.268. The summed E-state index contributed by atoms with van der Waals surface area (Å²) in [6, 6.07) is 6.44. The Kier molecular flexibility index (Phi) is 8.42. The van der Waals surface area contributed by atoms with Crippen LogP contribution < -0.4 is 5.46 Å². The minimum Gasteiger partial charge on any atom is -0.416 e. The third-order valence-electron chi connectivity index (χ3n) is 8.01. The molecule has 0 saturated carbocycles. The number of rotatable bonds is 10. The predicted octanol–water partition coefficient (Wildman–Crippen LogP) is 6.57. The Labute approximate surface area is 213 Å². The summed E-state index contributed by atoms with van der Waals surface area (Å²) in [5, 5.41) is 4.88. The Morgan fingerprint density at radius 1 is 0.943 bits per heavy atom. The molecule has 0 amide bonds. The van der Waals surface area contributed by atoms with E-state index in [-0.39, 0.29) is 5.82 Å². The lowest BCUT2D eigenvalue weighted by atomic mass is 9.78. The van der Waals surface area contributed by atoms with E-state index in [1.54, 1.807) is 12.1 Å². The van der Waals surface area contributed by atoms with Gasteiger partial charge in [0.2, 0.25) is 0 Å². The molecule has 0 N–H and O–H groups in total. The molecule has 194 valence electrons. The van der Waals surface area contributed by atoms with E-state index >= 15 is 0 Å². The first kappa shape index (κ1) is 28.1.